The van der Waals surface area contributed by atoms with E-state index in [-0.39, 0.29) is 4.21 Å². The molecule has 0 fully saturated rings. The van der Waals surface area contributed by atoms with Gasteiger partial charge in [0.05, 0.1) is 5.69 Å². The summed E-state index contributed by atoms with van der Waals surface area (Å²) in [6, 6.07) is 4.89. The maximum atomic E-state index is 12.2. The van der Waals surface area contributed by atoms with Crippen LogP contribution >= 0.6 is 22.7 Å². The number of aryl methyl sites for hydroxylation is 2. The van der Waals surface area contributed by atoms with Gasteiger partial charge in [-0.05, 0) is 37.8 Å². The molecule has 1 N–H and O–H groups in total. The second-order valence-electron chi connectivity index (χ2n) is 4.43. The number of sulfonamides is 1. The molecule has 0 unspecified atom stereocenters. The van der Waals surface area contributed by atoms with Gasteiger partial charge in [-0.15, -0.1) is 22.7 Å². The minimum atomic E-state index is -3.64. The van der Waals surface area contributed by atoms with Gasteiger partial charge < -0.3 is 0 Å². The maximum Gasteiger partial charge on any atom is 0.273 e. The summed E-state index contributed by atoms with van der Waals surface area (Å²) in [6.45, 7) is 0. The zero-order valence-electron chi connectivity index (χ0n) is 10.4. The number of fused-ring (bicyclic) bond motifs is 1. The van der Waals surface area contributed by atoms with Gasteiger partial charge >= 0.3 is 0 Å². The van der Waals surface area contributed by atoms with Crippen LogP contribution in [0.5, 0.6) is 0 Å². The molecule has 20 heavy (non-hydrogen) atoms. The Bertz CT molecular complexity index is 760. The molecule has 104 valence electrons. The summed E-state index contributed by atoms with van der Waals surface area (Å²) in [5.74, 6) is 0. The lowest BCUT2D eigenvalue weighted by Crippen LogP contribution is -2.11. The molecule has 2 heterocycles. The van der Waals surface area contributed by atoms with E-state index >= 15 is 0 Å². The minimum Gasteiger partial charge on any atom is -0.254 e. The molecule has 0 saturated carbocycles. The summed E-state index contributed by atoms with van der Waals surface area (Å²) in [5.41, 5.74) is 1.02. The molecule has 5 nitrogen and oxygen atoms in total. The van der Waals surface area contributed by atoms with Crippen LogP contribution in [0.15, 0.2) is 16.3 Å². The number of aromatic nitrogens is 1. The van der Waals surface area contributed by atoms with Crippen molar-refractivity contribution in [3.63, 3.8) is 0 Å². The number of nitriles is 1. The van der Waals surface area contributed by atoms with Crippen molar-refractivity contribution in [2.75, 3.05) is 4.72 Å². The number of thiazole rings is 1. The molecule has 0 amide bonds. The Kier molecular flexibility index (Phi) is 3.50. The highest BCUT2D eigenvalue weighted by Crippen LogP contribution is 2.31. The molecular weight excluding hydrogens is 314 g/mol. The van der Waals surface area contributed by atoms with E-state index in [0.717, 1.165) is 42.7 Å². The molecule has 0 aliphatic heterocycles. The third-order valence-corrected chi connectivity index (χ3v) is 7.05. The van der Waals surface area contributed by atoms with Crippen molar-refractivity contribution in [1.82, 2.24) is 4.98 Å². The SMILES string of the molecule is N#Cc1ccc(S(=O)(=O)Nc2nc3c(s2)CCCC3)s1. The van der Waals surface area contributed by atoms with Gasteiger partial charge in [0, 0.05) is 4.88 Å². The van der Waals surface area contributed by atoms with E-state index in [2.05, 4.69) is 9.71 Å². The Balaban J connectivity index is 1.86. The average Bonchev–Trinajstić information content (AvgIpc) is 3.04. The highest BCUT2D eigenvalue weighted by atomic mass is 32.2. The summed E-state index contributed by atoms with van der Waals surface area (Å²) in [5, 5.41) is 9.17. The Morgan fingerprint density at radius 3 is 2.75 bits per heavy atom. The van der Waals surface area contributed by atoms with Gasteiger partial charge in [-0.25, -0.2) is 13.4 Å². The number of hydrogen-bond acceptors (Lipinski definition) is 6. The fourth-order valence-corrected chi connectivity index (χ4v) is 5.47. The molecule has 0 aromatic carbocycles. The molecule has 2 aromatic heterocycles. The summed E-state index contributed by atoms with van der Waals surface area (Å²) in [6.07, 6.45) is 4.15. The maximum absolute atomic E-state index is 12.2. The molecule has 0 spiro atoms. The number of rotatable bonds is 3. The molecule has 3 rings (SSSR count). The topological polar surface area (TPSA) is 82.8 Å². The predicted molar refractivity (Wildman–Crippen MR) is 78.6 cm³/mol. The second kappa shape index (κ2) is 5.16. The first-order valence-corrected chi connectivity index (χ1v) is 9.21. The van der Waals surface area contributed by atoms with Crippen molar-refractivity contribution >= 4 is 37.8 Å². The smallest absolute Gasteiger partial charge is 0.254 e. The van der Waals surface area contributed by atoms with E-state index in [1.807, 2.05) is 6.07 Å². The third-order valence-electron chi connectivity index (χ3n) is 3.02. The van der Waals surface area contributed by atoms with Gasteiger partial charge in [0.25, 0.3) is 10.0 Å². The predicted octanol–water partition coefficient (Wildman–Crippen LogP) is 2.76. The zero-order valence-corrected chi connectivity index (χ0v) is 12.9. The monoisotopic (exact) mass is 325 g/mol. The number of anilines is 1. The van der Waals surface area contributed by atoms with Crippen molar-refractivity contribution in [3.05, 3.63) is 27.6 Å². The van der Waals surface area contributed by atoms with Crippen LogP contribution in [-0.4, -0.2) is 13.4 Å². The van der Waals surface area contributed by atoms with Crippen LogP contribution < -0.4 is 4.72 Å². The van der Waals surface area contributed by atoms with Gasteiger partial charge in [0.2, 0.25) is 0 Å². The van der Waals surface area contributed by atoms with Gasteiger partial charge in [0.15, 0.2) is 5.13 Å². The quantitative estimate of drug-likeness (QED) is 0.940. The Morgan fingerprint density at radius 1 is 1.25 bits per heavy atom. The molecule has 0 atom stereocenters. The van der Waals surface area contributed by atoms with Gasteiger partial charge in [0.1, 0.15) is 15.2 Å². The zero-order chi connectivity index (χ0) is 14.2. The molecule has 0 saturated heterocycles. The summed E-state index contributed by atoms with van der Waals surface area (Å²) >= 11 is 2.37. The lowest BCUT2D eigenvalue weighted by Gasteiger charge is -2.06. The standard InChI is InChI=1S/C12H11N3O2S3/c13-7-8-5-6-11(18-8)20(16,17)15-12-14-9-3-1-2-4-10(9)19-12/h5-6H,1-4H2,(H,14,15). The Labute approximate surface area is 125 Å². The van der Waals surface area contributed by atoms with E-state index in [9.17, 15) is 8.42 Å². The Morgan fingerprint density at radius 2 is 2.05 bits per heavy atom. The van der Waals surface area contributed by atoms with Crippen LogP contribution in [0.3, 0.4) is 0 Å². The van der Waals surface area contributed by atoms with Crippen LogP contribution in [-0.2, 0) is 22.9 Å². The molecular formula is C12H11N3O2S3. The number of thiophene rings is 1. The van der Waals surface area contributed by atoms with Gasteiger partial charge in [-0.3, -0.25) is 4.72 Å². The first kappa shape index (κ1) is 13.5. The first-order chi connectivity index (χ1) is 9.58. The molecule has 8 heteroatoms. The minimum absolute atomic E-state index is 0.141. The summed E-state index contributed by atoms with van der Waals surface area (Å²) in [4.78, 5) is 5.91. The first-order valence-electron chi connectivity index (χ1n) is 6.10. The Hall–Kier alpha value is -1.43. The summed E-state index contributed by atoms with van der Waals surface area (Å²) < 4.78 is 27.1. The van der Waals surface area contributed by atoms with Gasteiger partial charge in [-0.1, -0.05) is 0 Å². The fraction of sp³-hybridized carbons (Fsp3) is 0.333. The number of nitrogens with zero attached hydrogens (tertiary/aromatic N) is 2. The van der Waals surface area contributed by atoms with E-state index in [1.165, 1.54) is 28.3 Å². The van der Waals surface area contributed by atoms with E-state index in [4.69, 9.17) is 5.26 Å². The van der Waals surface area contributed by atoms with E-state index in [0.29, 0.717) is 10.0 Å². The lowest BCUT2D eigenvalue weighted by atomic mass is 10.0. The normalized spacial score (nSPS) is 14.6. The molecule has 1 aliphatic rings. The second-order valence-corrected chi connectivity index (χ2v) is 8.51. The average molecular weight is 325 g/mol. The van der Waals surface area contributed by atoms with Crippen LogP contribution in [0.1, 0.15) is 28.3 Å². The number of nitrogens with one attached hydrogen (secondary N) is 1. The van der Waals surface area contributed by atoms with Crippen LogP contribution in [0.4, 0.5) is 5.13 Å². The molecule has 0 bridgehead atoms. The van der Waals surface area contributed by atoms with Crippen LogP contribution in [0, 0.1) is 11.3 Å². The van der Waals surface area contributed by atoms with Crippen molar-refractivity contribution < 1.29 is 8.42 Å². The number of hydrogen-bond donors (Lipinski definition) is 1. The lowest BCUT2D eigenvalue weighted by molar-refractivity contribution is 0.603. The van der Waals surface area contributed by atoms with Gasteiger partial charge in [-0.2, -0.15) is 5.26 Å². The highest BCUT2D eigenvalue weighted by molar-refractivity contribution is 7.94. The molecule has 1 aliphatic carbocycles. The highest BCUT2D eigenvalue weighted by Gasteiger charge is 2.21. The van der Waals surface area contributed by atoms with E-state index < -0.39 is 10.0 Å². The fourth-order valence-electron chi connectivity index (χ4n) is 2.09. The van der Waals surface area contributed by atoms with Crippen molar-refractivity contribution in [1.29, 1.82) is 5.26 Å². The largest absolute Gasteiger partial charge is 0.273 e. The van der Waals surface area contributed by atoms with Crippen molar-refractivity contribution in [2.24, 2.45) is 0 Å². The summed E-state index contributed by atoms with van der Waals surface area (Å²) in [7, 11) is -3.64. The van der Waals surface area contributed by atoms with Crippen LogP contribution in [0.25, 0.3) is 0 Å². The third kappa shape index (κ3) is 2.57. The van der Waals surface area contributed by atoms with E-state index in [1.54, 1.807) is 0 Å². The van der Waals surface area contributed by atoms with Crippen molar-refractivity contribution in [2.45, 2.75) is 29.9 Å². The van der Waals surface area contributed by atoms with Crippen molar-refractivity contribution in [3.8, 4) is 6.07 Å². The molecule has 0 radical (unpaired) electrons. The molecule has 2 aromatic rings. The van der Waals surface area contributed by atoms with Crippen LogP contribution in [0.2, 0.25) is 0 Å².